The molecule has 1 aliphatic rings. The summed E-state index contributed by atoms with van der Waals surface area (Å²) in [6.07, 6.45) is 8.43. The Balaban J connectivity index is 1.93. The molecule has 0 saturated carbocycles. The van der Waals surface area contributed by atoms with Gasteiger partial charge in [-0.15, -0.1) is 0 Å². The van der Waals surface area contributed by atoms with E-state index in [9.17, 15) is 9.50 Å². The van der Waals surface area contributed by atoms with Crippen molar-refractivity contribution in [2.75, 3.05) is 6.54 Å². The predicted molar refractivity (Wildman–Crippen MR) is 110 cm³/mol. The average Bonchev–Trinajstić information content (AvgIpc) is 3.04. The lowest BCUT2D eigenvalue weighted by Crippen LogP contribution is -2.16. The number of hydrogen-bond acceptors (Lipinski definition) is 3. The quantitative estimate of drug-likeness (QED) is 0.630. The smallest absolute Gasteiger partial charge is 0.123 e. The second-order valence-corrected chi connectivity index (χ2v) is 7.07. The number of phenols is 1. The van der Waals surface area contributed by atoms with Crippen molar-refractivity contribution in [2.24, 2.45) is 11.7 Å². The van der Waals surface area contributed by atoms with E-state index in [1.54, 1.807) is 24.4 Å². The number of rotatable bonds is 3. The molecule has 28 heavy (non-hydrogen) atoms. The normalized spacial score (nSPS) is 18.1. The standard InChI is InChI=1S/C22H19ClFN3O/c23-20-10-17(28)7-8-18(20)19-13-27-21(14-3-1-5-16(24)9-14)12-26-22(27)6-2-4-15(19)11-25/h1-5,7-10,12-13,15,28H,6,11,25H2/b4-2?,19-13+. The molecule has 0 amide bonds. The number of fused-ring (bicyclic) bond motifs is 1. The van der Waals surface area contributed by atoms with Gasteiger partial charge in [0.15, 0.2) is 0 Å². The van der Waals surface area contributed by atoms with Crippen molar-refractivity contribution in [3.8, 4) is 17.0 Å². The van der Waals surface area contributed by atoms with E-state index < -0.39 is 0 Å². The van der Waals surface area contributed by atoms with Crippen molar-refractivity contribution in [2.45, 2.75) is 6.42 Å². The van der Waals surface area contributed by atoms with Crippen LogP contribution in [0.5, 0.6) is 5.75 Å². The molecule has 0 radical (unpaired) electrons. The van der Waals surface area contributed by atoms with Gasteiger partial charge in [-0.05, 0) is 41.5 Å². The molecule has 0 aliphatic carbocycles. The first kappa shape index (κ1) is 18.5. The zero-order valence-electron chi connectivity index (χ0n) is 15.0. The molecule has 3 aromatic rings. The van der Waals surface area contributed by atoms with Gasteiger partial charge in [0.1, 0.15) is 17.4 Å². The first-order valence-corrected chi connectivity index (χ1v) is 9.34. The minimum atomic E-state index is -0.301. The molecule has 4 nitrogen and oxygen atoms in total. The Kier molecular flexibility index (Phi) is 5.03. The third-order valence-corrected chi connectivity index (χ3v) is 5.16. The van der Waals surface area contributed by atoms with Gasteiger partial charge in [0, 0.05) is 30.6 Å². The summed E-state index contributed by atoms with van der Waals surface area (Å²) in [6, 6.07) is 11.3. The fourth-order valence-electron chi connectivity index (χ4n) is 3.44. The fraction of sp³-hybridized carbons (Fsp3) is 0.136. The highest BCUT2D eigenvalue weighted by molar-refractivity contribution is 6.32. The molecule has 0 saturated heterocycles. The van der Waals surface area contributed by atoms with Crippen LogP contribution in [0.1, 0.15) is 11.4 Å². The first-order chi connectivity index (χ1) is 13.6. The van der Waals surface area contributed by atoms with Gasteiger partial charge in [0.25, 0.3) is 0 Å². The van der Waals surface area contributed by atoms with Crippen molar-refractivity contribution < 1.29 is 9.50 Å². The number of allylic oxidation sites excluding steroid dienone is 1. The van der Waals surface area contributed by atoms with Crippen LogP contribution >= 0.6 is 11.6 Å². The molecule has 1 unspecified atom stereocenters. The molecule has 0 fully saturated rings. The van der Waals surface area contributed by atoms with Gasteiger partial charge in [-0.3, -0.25) is 0 Å². The van der Waals surface area contributed by atoms with Crippen LogP contribution in [-0.2, 0) is 6.42 Å². The predicted octanol–water partition coefficient (Wildman–Crippen LogP) is 4.73. The van der Waals surface area contributed by atoms with Crippen LogP contribution in [0.4, 0.5) is 4.39 Å². The lowest BCUT2D eigenvalue weighted by Gasteiger charge is -2.20. The van der Waals surface area contributed by atoms with Crippen molar-refractivity contribution in [3.05, 3.63) is 83.0 Å². The van der Waals surface area contributed by atoms with E-state index in [0.29, 0.717) is 18.0 Å². The minimum Gasteiger partial charge on any atom is -0.508 e. The summed E-state index contributed by atoms with van der Waals surface area (Å²) in [5.41, 5.74) is 9.24. The highest BCUT2D eigenvalue weighted by Crippen LogP contribution is 2.35. The van der Waals surface area contributed by atoms with E-state index in [4.69, 9.17) is 17.3 Å². The number of aromatic nitrogens is 2. The van der Waals surface area contributed by atoms with E-state index in [1.807, 2.05) is 22.9 Å². The number of hydrogen-bond donors (Lipinski definition) is 2. The number of nitrogens with zero attached hydrogens (tertiary/aromatic N) is 2. The van der Waals surface area contributed by atoms with Gasteiger partial charge in [-0.25, -0.2) is 9.37 Å². The van der Waals surface area contributed by atoms with Crippen LogP contribution in [0, 0.1) is 11.7 Å². The molecule has 2 heterocycles. The van der Waals surface area contributed by atoms with Crippen molar-refractivity contribution in [1.29, 1.82) is 0 Å². The van der Waals surface area contributed by atoms with Gasteiger partial charge in [0.05, 0.1) is 16.9 Å². The maximum atomic E-state index is 13.8. The summed E-state index contributed by atoms with van der Waals surface area (Å²) in [7, 11) is 0. The van der Waals surface area contributed by atoms with Crippen molar-refractivity contribution >= 4 is 23.4 Å². The molecule has 6 heteroatoms. The highest BCUT2D eigenvalue weighted by Gasteiger charge is 2.20. The monoisotopic (exact) mass is 395 g/mol. The molecule has 1 aliphatic heterocycles. The van der Waals surface area contributed by atoms with E-state index in [0.717, 1.165) is 28.2 Å². The number of phenolic OH excluding ortho intramolecular Hbond substituents is 1. The maximum absolute atomic E-state index is 13.8. The Hall–Kier alpha value is -2.89. The van der Waals surface area contributed by atoms with Gasteiger partial charge in [0.2, 0.25) is 0 Å². The maximum Gasteiger partial charge on any atom is 0.123 e. The average molecular weight is 396 g/mol. The zero-order chi connectivity index (χ0) is 19.7. The minimum absolute atomic E-state index is 0.0575. The van der Waals surface area contributed by atoms with Crippen LogP contribution < -0.4 is 5.73 Å². The number of imidazole rings is 1. The van der Waals surface area contributed by atoms with E-state index in [1.165, 1.54) is 18.2 Å². The van der Waals surface area contributed by atoms with Crippen LogP contribution in [0.3, 0.4) is 0 Å². The van der Waals surface area contributed by atoms with E-state index in [-0.39, 0.29) is 17.5 Å². The largest absolute Gasteiger partial charge is 0.508 e. The van der Waals surface area contributed by atoms with Crippen LogP contribution in [-0.4, -0.2) is 21.2 Å². The molecule has 0 spiro atoms. The molecule has 3 N–H and O–H groups in total. The molecule has 1 atom stereocenters. The summed E-state index contributed by atoms with van der Waals surface area (Å²) in [5.74, 6) is 0.574. The Bertz CT molecular complexity index is 1090. The molecule has 2 aromatic carbocycles. The van der Waals surface area contributed by atoms with Gasteiger partial charge in [-0.2, -0.15) is 0 Å². The Morgan fingerprint density at radius 1 is 1.25 bits per heavy atom. The summed E-state index contributed by atoms with van der Waals surface area (Å²) < 4.78 is 15.7. The Labute approximate surface area is 167 Å². The number of aromatic hydroxyl groups is 1. The van der Waals surface area contributed by atoms with Crippen LogP contribution in [0.15, 0.2) is 60.8 Å². The third-order valence-electron chi connectivity index (χ3n) is 4.85. The first-order valence-electron chi connectivity index (χ1n) is 8.96. The molecular formula is C22H19ClFN3O. The molecule has 0 bridgehead atoms. The summed E-state index contributed by atoms with van der Waals surface area (Å²) in [5, 5.41) is 10.1. The van der Waals surface area contributed by atoms with Gasteiger partial charge in [-0.1, -0.05) is 35.9 Å². The molecular weight excluding hydrogens is 377 g/mol. The summed E-state index contributed by atoms with van der Waals surface area (Å²) in [6.45, 7) is 0.402. The van der Waals surface area contributed by atoms with Gasteiger partial charge < -0.3 is 15.4 Å². The molecule has 1 aromatic heterocycles. The SMILES string of the molecule is NCC1C=CCc2ncc(-c3cccc(F)c3)n2/C=C\1c1ccc(O)cc1Cl. The zero-order valence-corrected chi connectivity index (χ0v) is 15.8. The lowest BCUT2D eigenvalue weighted by molar-refractivity contribution is 0.475. The highest BCUT2D eigenvalue weighted by atomic mass is 35.5. The van der Waals surface area contributed by atoms with Crippen LogP contribution in [0.2, 0.25) is 5.02 Å². The number of nitrogens with two attached hydrogens (primary N) is 1. The van der Waals surface area contributed by atoms with Crippen LogP contribution in [0.25, 0.3) is 23.0 Å². The number of benzene rings is 2. The summed E-state index contributed by atoms with van der Waals surface area (Å²) >= 11 is 6.42. The summed E-state index contributed by atoms with van der Waals surface area (Å²) in [4.78, 5) is 4.52. The molecule has 4 rings (SSSR count). The Morgan fingerprint density at radius 2 is 2.11 bits per heavy atom. The van der Waals surface area contributed by atoms with Gasteiger partial charge >= 0.3 is 0 Å². The van der Waals surface area contributed by atoms with E-state index in [2.05, 4.69) is 11.1 Å². The number of halogens is 2. The Morgan fingerprint density at radius 3 is 2.86 bits per heavy atom. The second-order valence-electron chi connectivity index (χ2n) is 6.66. The third kappa shape index (κ3) is 3.46. The topological polar surface area (TPSA) is 64.1 Å². The van der Waals surface area contributed by atoms with Crippen molar-refractivity contribution in [3.63, 3.8) is 0 Å². The lowest BCUT2D eigenvalue weighted by atomic mass is 9.91. The van der Waals surface area contributed by atoms with Crippen molar-refractivity contribution in [1.82, 2.24) is 9.55 Å². The second kappa shape index (κ2) is 7.62. The molecule has 142 valence electrons. The fourth-order valence-corrected chi connectivity index (χ4v) is 3.73. The van der Waals surface area contributed by atoms with E-state index >= 15 is 0 Å².